The van der Waals surface area contributed by atoms with Gasteiger partial charge < -0.3 is 9.47 Å². The molecule has 1 N–H and O–H groups in total. The molecule has 0 saturated carbocycles. The van der Waals surface area contributed by atoms with Gasteiger partial charge in [-0.1, -0.05) is 12.1 Å². The quantitative estimate of drug-likeness (QED) is 0.723. The molecule has 0 radical (unpaired) electrons. The van der Waals surface area contributed by atoms with Gasteiger partial charge in [-0.2, -0.15) is 4.68 Å². The van der Waals surface area contributed by atoms with Crippen molar-refractivity contribution in [1.82, 2.24) is 20.2 Å². The second kappa shape index (κ2) is 6.88. The summed E-state index contributed by atoms with van der Waals surface area (Å²) in [5.41, 5.74) is 2.10. The van der Waals surface area contributed by atoms with Gasteiger partial charge in [0.1, 0.15) is 18.1 Å². The van der Waals surface area contributed by atoms with E-state index in [-0.39, 0.29) is 0 Å². The van der Waals surface area contributed by atoms with Crippen LogP contribution in [-0.2, 0) is 6.61 Å². The molecule has 3 aromatic rings. The van der Waals surface area contributed by atoms with Crippen LogP contribution in [0.4, 0.5) is 0 Å². The van der Waals surface area contributed by atoms with Gasteiger partial charge in [0, 0.05) is 5.56 Å². The van der Waals surface area contributed by atoms with E-state index in [0.717, 1.165) is 21.3 Å². The fourth-order valence-electron chi connectivity index (χ4n) is 2.32. The Hall–Kier alpha value is -2.61. The zero-order valence-corrected chi connectivity index (χ0v) is 14.7. The first kappa shape index (κ1) is 16.3. The van der Waals surface area contributed by atoms with Gasteiger partial charge in [-0.05, 0) is 63.1 Å². The summed E-state index contributed by atoms with van der Waals surface area (Å²) >= 11 is 3.43. The summed E-state index contributed by atoms with van der Waals surface area (Å²) in [4.78, 5) is 11.8. The summed E-state index contributed by atoms with van der Waals surface area (Å²) in [7, 11) is 1.61. The minimum atomic E-state index is -0.394. The number of ether oxygens (including phenoxy) is 2. The number of nitrogens with one attached hydrogen (secondary N) is 1. The Labute approximate surface area is 146 Å². The molecular formula is C16H15BrN4O3. The summed E-state index contributed by atoms with van der Waals surface area (Å²) in [5.74, 6) is 1.41. The Morgan fingerprint density at radius 3 is 2.79 bits per heavy atom. The number of hydrogen-bond acceptors (Lipinski definition) is 5. The van der Waals surface area contributed by atoms with Crippen molar-refractivity contribution in [2.45, 2.75) is 13.5 Å². The average molecular weight is 391 g/mol. The molecule has 0 saturated heterocycles. The summed E-state index contributed by atoms with van der Waals surface area (Å²) in [6, 6.07) is 11.1. The lowest BCUT2D eigenvalue weighted by atomic mass is 10.1. The summed E-state index contributed by atoms with van der Waals surface area (Å²) in [5, 5.41) is 9.62. The molecule has 0 aliphatic heterocycles. The number of aromatic amines is 1. The van der Waals surface area contributed by atoms with Crippen molar-refractivity contribution in [2.24, 2.45) is 0 Å². The fourth-order valence-corrected chi connectivity index (χ4v) is 2.84. The Bertz CT molecular complexity index is 920. The van der Waals surface area contributed by atoms with Crippen LogP contribution in [0.5, 0.6) is 11.5 Å². The highest BCUT2D eigenvalue weighted by atomic mass is 79.9. The second-order valence-corrected chi connectivity index (χ2v) is 5.93. The van der Waals surface area contributed by atoms with Crippen LogP contribution in [0.3, 0.4) is 0 Å². The third-order valence-electron chi connectivity index (χ3n) is 3.59. The molecular weight excluding hydrogens is 376 g/mol. The molecule has 0 spiro atoms. The van der Waals surface area contributed by atoms with Crippen LogP contribution in [0.15, 0.2) is 45.7 Å². The SMILES string of the molecule is COc1ccc(OCc2c(C)cccc2-n2nn[nH]c2=O)cc1Br. The largest absolute Gasteiger partial charge is 0.496 e. The second-order valence-electron chi connectivity index (χ2n) is 5.08. The van der Waals surface area contributed by atoms with Gasteiger partial charge >= 0.3 is 5.69 Å². The first-order valence-corrected chi connectivity index (χ1v) is 7.95. The van der Waals surface area contributed by atoms with Gasteiger partial charge in [0.05, 0.1) is 17.3 Å². The lowest BCUT2D eigenvalue weighted by Gasteiger charge is -2.13. The number of tetrazole rings is 1. The van der Waals surface area contributed by atoms with E-state index >= 15 is 0 Å². The number of nitrogens with zero attached hydrogens (tertiary/aromatic N) is 3. The van der Waals surface area contributed by atoms with Gasteiger partial charge in [-0.3, -0.25) is 0 Å². The molecule has 24 heavy (non-hydrogen) atoms. The van der Waals surface area contributed by atoms with E-state index < -0.39 is 5.69 Å². The number of aryl methyl sites for hydroxylation is 1. The molecule has 3 rings (SSSR count). The van der Waals surface area contributed by atoms with Crippen LogP contribution < -0.4 is 15.2 Å². The van der Waals surface area contributed by atoms with Crippen molar-refractivity contribution in [3.05, 3.63) is 62.5 Å². The monoisotopic (exact) mass is 390 g/mol. The first-order valence-electron chi connectivity index (χ1n) is 7.15. The summed E-state index contributed by atoms with van der Waals surface area (Å²) < 4.78 is 13.1. The first-order chi connectivity index (χ1) is 11.6. The van der Waals surface area contributed by atoms with Gasteiger partial charge in [0.15, 0.2) is 0 Å². The molecule has 0 unspecified atom stereocenters. The van der Waals surface area contributed by atoms with Crippen LogP contribution in [0.25, 0.3) is 5.69 Å². The average Bonchev–Trinajstić information content (AvgIpc) is 2.99. The number of H-pyrrole nitrogens is 1. The number of halogens is 1. The lowest BCUT2D eigenvalue weighted by molar-refractivity contribution is 0.303. The highest BCUT2D eigenvalue weighted by Crippen LogP contribution is 2.29. The molecule has 0 fully saturated rings. The van der Waals surface area contributed by atoms with Gasteiger partial charge in [-0.25, -0.2) is 9.89 Å². The lowest BCUT2D eigenvalue weighted by Crippen LogP contribution is -2.18. The molecule has 0 amide bonds. The summed E-state index contributed by atoms with van der Waals surface area (Å²) in [6.45, 7) is 2.25. The molecule has 1 aromatic heterocycles. The number of benzene rings is 2. The molecule has 124 valence electrons. The molecule has 7 nitrogen and oxygen atoms in total. The Kier molecular flexibility index (Phi) is 4.66. The zero-order valence-electron chi connectivity index (χ0n) is 13.1. The topological polar surface area (TPSA) is 82.0 Å². The van der Waals surface area contributed by atoms with Crippen LogP contribution in [0.1, 0.15) is 11.1 Å². The standard InChI is InChI=1S/C16H15BrN4O3/c1-10-4-3-5-14(21-16(22)18-19-20-21)12(10)9-24-11-6-7-15(23-2)13(17)8-11/h3-8H,9H2,1-2H3,(H,18,20,22). The molecule has 2 aromatic carbocycles. The Morgan fingerprint density at radius 2 is 2.12 bits per heavy atom. The Balaban J connectivity index is 1.89. The van der Waals surface area contributed by atoms with Gasteiger partial charge in [0.2, 0.25) is 0 Å². The number of methoxy groups -OCH3 is 1. The highest BCUT2D eigenvalue weighted by Gasteiger charge is 2.12. The molecule has 0 aliphatic carbocycles. The van der Waals surface area contributed by atoms with E-state index in [1.165, 1.54) is 4.68 Å². The fraction of sp³-hybridized carbons (Fsp3) is 0.188. The van der Waals surface area contributed by atoms with Crippen LogP contribution in [-0.4, -0.2) is 27.3 Å². The number of rotatable bonds is 5. The maximum Gasteiger partial charge on any atom is 0.365 e. The third kappa shape index (κ3) is 3.18. The van der Waals surface area contributed by atoms with E-state index in [9.17, 15) is 4.79 Å². The predicted molar refractivity (Wildman–Crippen MR) is 91.7 cm³/mol. The van der Waals surface area contributed by atoms with Crippen molar-refractivity contribution >= 4 is 15.9 Å². The molecule has 0 aliphatic rings. The van der Waals surface area contributed by atoms with E-state index in [2.05, 4.69) is 31.5 Å². The smallest absolute Gasteiger partial charge is 0.365 e. The van der Waals surface area contributed by atoms with Crippen LogP contribution >= 0.6 is 15.9 Å². The zero-order chi connectivity index (χ0) is 17.1. The maximum atomic E-state index is 11.8. The minimum Gasteiger partial charge on any atom is -0.496 e. The van der Waals surface area contributed by atoms with E-state index in [1.54, 1.807) is 13.2 Å². The van der Waals surface area contributed by atoms with Gasteiger partial charge in [-0.15, -0.1) is 0 Å². The summed E-state index contributed by atoms with van der Waals surface area (Å²) in [6.07, 6.45) is 0. The maximum absolute atomic E-state index is 11.8. The van der Waals surface area contributed by atoms with Crippen molar-refractivity contribution in [3.8, 4) is 17.2 Å². The van der Waals surface area contributed by atoms with E-state index in [1.807, 2.05) is 37.3 Å². The molecule has 8 heteroatoms. The van der Waals surface area contributed by atoms with Crippen molar-refractivity contribution in [2.75, 3.05) is 7.11 Å². The number of aromatic nitrogens is 4. The Morgan fingerprint density at radius 1 is 1.29 bits per heavy atom. The number of hydrogen-bond donors (Lipinski definition) is 1. The minimum absolute atomic E-state index is 0.292. The highest BCUT2D eigenvalue weighted by molar-refractivity contribution is 9.10. The normalized spacial score (nSPS) is 10.6. The van der Waals surface area contributed by atoms with Gasteiger partial charge in [0.25, 0.3) is 0 Å². The molecule has 0 atom stereocenters. The predicted octanol–water partition coefficient (Wildman–Crippen LogP) is 2.61. The molecule has 1 heterocycles. The van der Waals surface area contributed by atoms with Crippen molar-refractivity contribution in [3.63, 3.8) is 0 Å². The van der Waals surface area contributed by atoms with E-state index in [0.29, 0.717) is 18.0 Å². The van der Waals surface area contributed by atoms with Crippen molar-refractivity contribution < 1.29 is 9.47 Å². The van der Waals surface area contributed by atoms with E-state index in [4.69, 9.17) is 9.47 Å². The van der Waals surface area contributed by atoms with Crippen molar-refractivity contribution in [1.29, 1.82) is 0 Å². The molecule has 0 bridgehead atoms. The van der Waals surface area contributed by atoms with Crippen LogP contribution in [0, 0.1) is 6.92 Å². The van der Waals surface area contributed by atoms with Crippen LogP contribution in [0.2, 0.25) is 0 Å². The third-order valence-corrected chi connectivity index (χ3v) is 4.21.